The molecule has 0 heterocycles. The van der Waals surface area contributed by atoms with E-state index < -0.39 is 12.1 Å². The molecule has 7 nitrogen and oxygen atoms in total. The number of benzene rings is 4. The number of fused-ring (bicyclic) bond motifs is 1. The topological polar surface area (TPSA) is 90.0 Å². The summed E-state index contributed by atoms with van der Waals surface area (Å²) in [4.78, 5) is 43.9. The van der Waals surface area contributed by atoms with Crippen LogP contribution in [0.5, 0.6) is 5.75 Å². The molecular weight excluding hydrogens is 550 g/mol. The fraction of sp³-hybridized carbons (Fsp3) is 0.324. The Hall–Kier alpha value is -4.65. The summed E-state index contributed by atoms with van der Waals surface area (Å²) in [5.41, 5.74) is 2.41. The van der Waals surface area contributed by atoms with Gasteiger partial charge < -0.3 is 20.2 Å². The van der Waals surface area contributed by atoms with Crippen molar-refractivity contribution in [2.75, 3.05) is 7.05 Å². The number of hydrogen-bond acceptors (Lipinski definition) is 4. The highest BCUT2D eigenvalue weighted by Gasteiger charge is 2.38. The van der Waals surface area contributed by atoms with Crippen molar-refractivity contribution in [3.8, 4) is 5.75 Å². The lowest BCUT2D eigenvalue weighted by Crippen LogP contribution is -2.53. The second-order valence-corrected chi connectivity index (χ2v) is 9.86. The molecule has 2 atom stereocenters. The average molecular weight is 598 g/mol. The number of hydrogen-bond donors (Lipinski definition) is 2. The molecule has 2 unspecified atom stereocenters. The highest BCUT2D eigenvalue weighted by molar-refractivity contribution is 5.93. The fourth-order valence-corrected chi connectivity index (χ4v) is 4.88. The third-order valence-electron chi connectivity index (χ3n) is 7.08. The van der Waals surface area contributed by atoms with E-state index in [-0.39, 0.29) is 29.9 Å². The van der Waals surface area contributed by atoms with Gasteiger partial charge in [0.25, 0.3) is 0 Å². The van der Waals surface area contributed by atoms with Crippen molar-refractivity contribution in [2.24, 2.45) is 0 Å². The highest BCUT2D eigenvalue weighted by Crippen LogP contribution is 2.29. The van der Waals surface area contributed by atoms with Crippen LogP contribution in [0.1, 0.15) is 70.7 Å². The maximum atomic E-state index is 14.2. The van der Waals surface area contributed by atoms with E-state index >= 15 is 0 Å². The lowest BCUT2D eigenvalue weighted by molar-refractivity contribution is -0.151. The summed E-state index contributed by atoms with van der Waals surface area (Å²) in [6.45, 7) is 12.0. The van der Waals surface area contributed by atoms with E-state index in [9.17, 15) is 19.5 Å². The number of aromatic hydroxyl groups is 1. The van der Waals surface area contributed by atoms with Crippen LogP contribution in [0.25, 0.3) is 10.8 Å². The van der Waals surface area contributed by atoms with Gasteiger partial charge in [-0.25, -0.2) is 0 Å². The predicted molar refractivity (Wildman–Crippen MR) is 179 cm³/mol. The Morgan fingerprint density at radius 1 is 0.795 bits per heavy atom. The van der Waals surface area contributed by atoms with Crippen LogP contribution >= 0.6 is 0 Å². The first kappa shape index (κ1) is 35.5. The van der Waals surface area contributed by atoms with E-state index in [1.807, 2.05) is 100 Å². The summed E-state index contributed by atoms with van der Waals surface area (Å²) in [6, 6.07) is 27.7. The Morgan fingerprint density at radius 2 is 1.39 bits per heavy atom. The number of rotatable bonds is 10. The van der Waals surface area contributed by atoms with Gasteiger partial charge in [0.15, 0.2) is 0 Å². The van der Waals surface area contributed by atoms with Crippen LogP contribution in [0, 0.1) is 0 Å². The third kappa shape index (κ3) is 9.17. The van der Waals surface area contributed by atoms with Gasteiger partial charge in [-0.3, -0.25) is 14.4 Å². The Kier molecular flexibility index (Phi) is 14.6. The molecule has 4 aromatic rings. The van der Waals surface area contributed by atoms with Crippen LogP contribution in [0.15, 0.2) is 97.1 Å². The molecule has 4 rings (SSSR count). The minimum absolute atomic E-state index is 0.0427. The van der Waals surface area contributed by atoms with Gasteiger partial charge in [0.2, 0.25) is 17.7 Å². The summed E-state index contributed by atoms with van der Waals surface area (Å²) in [7, 11) is 1.70. The molecule has 0 bridgehead atoms. The largest absolute Gasteiger partial charge is 0.508 e. The van der Waals surface area contributed by atoms with Gasteiger partial charge in [0.1, 0.15) is 17.8 Å². The van der Waals surface area contributed by atoms with Crippen LogP contribution in [0.3, 0.4) is 0 Å². The minimum atomic E-state index is -1.06. The molecular formula is C37H47N3O4. The SMILES string of the molecule is CC.CC.CCC(=O)N(C(C)C(=O)NCc1ccccc1)C(C(=O)N(C)Cc1cccc2ccccc12)c1ccc(O)cc1. The summed E-state index contributed by atoms with van der Waals surface area (Å²) in [6.07, 6.45) is 0.116. The Morgan fingerprint density at radius 3 is 2.02 bits per heavy atom. The van der Waals surface area contributed by atoms with Gasteiger partial charge in [-0.05, 0) is 46.5 Å². The molecule has 0 aliphatic carbocycles. The molecule has 0 radical (unpaired) electrons. The molecule has 0 saturated carbocycles. The van der Waals surface area contributed by atoms with Crippen LogP contribution < -0.4 is 5.32 Å². The normalized spacial score (nSPS) is 11.5. The molecule has 7 heteroatoms. The van der Waals surface area contributed by atoms with Gasteiger partial charge in [0.05, 0.1) is 0 Å². The van der Waals surface area contributed by atoms with E-state index in [2.05, 4.69) is 5.32 Å². The summed E-state index contributed by atoms with van der Waals surface area (Å²) < 4.78 is 0. The molecule has 4 aromatic carbocycles. The van der Waals surface area contributed by atoms with E-state index in [1.165, 1.54) is 17.0 Å². The Labute approximate surface area is 262 Å². The number of carbonyl (C=O) groups is 3. The summed E-state index contributed by atoms with van der Waals surface area (Å²) in [5, 5.41) is 14.9. The lowest BCUT2D eigenvalue weighted by Gasteiger charge is -2.37. The molecule has 0 fully saturated rings. The van der Waals surface area contributed by atoms with Crippen molar-refractivity contribution >= 4 is 28.5 Å². The number of phenolic OH excluding ortho intramolecular Hbond substituents is 1. The second-order valence-electron chi connectivity index (χ2n) is 9.86. The van der Waals surface area contributed by atoms with E-state index in [1.54, 1.807) is 37.9 Å². The molecule has 234 valence electrons. The summed E-state index contributed by atoms with van der Waals surface area (Å²) in [5.74, 6) is -0.976. The van der Waals surface area contributed by atoms with Gasteiger partial charge in [0, 0.05) is 26.6 Å². The van der Waals surface area contributed by atoms with Gasteiger partial charge in [-0.1, -0.05) is 120 Å². The number of amides is 3. The quantitative estimate of drug-likeness (QED) is 0.202. The van der Waals surface area contributed by atoms with Crippen molar-refractivity contribution in [3.63, 3.8) is 0 Å². The van der Waals surface area contributed by atoms with Gasteiger partial charge in [-0.2, -0.15) is 0 Å². The lowest BCUT2D eigenvalue weighted by atomic mass is 9.99. The fourth-order valence-electron chi connectivity index (χ4n) is 4.88. The van der Waals surface area contributed by atoms with Crippen molar-refractivity contribution < 1.29 is 19.5 Å². The van der Waals surface area contributed by atoms with E-state index in [4.69, 9.17) is 0 Å². The van der Waals surface area contributed by atoms with Gasteiger partial charge in [-0.15, -0.1) is 0 Å². The minimum Gasteiger partial charge on any atom is -0.508 e. The maximum absolute atomic E-state index is 14.2. The second kappa shape index (κ2) is 18.1. The Balaban J connectivity index is 0.00000162. The van der Waals surface area contributed by atoms with Crippen molar-refractivity contribution in [3.05, 3.63) is 114 Å². The molecule has 0 saturated heterocycles. The molecule has 3 amide bonds. The number of likely N-dealkylation sites (N-methyl/N-ethyl adjacent to an activating group) is 1. The van der Waals surface area contributed by atoms with E-state index in [0.29, 0.717) is 18.7 Å². The van der Waals surface area contributed by atoms with Crippen molar-refractivity contribution in [1.82, 2.24) is 15.1 Å². The van der Waals surface area contributed by atoms with Gasteiger partial charge >= 0.3 is 0 Å². The standard InChI is InChI=1S/C33H35N3O4.2C2H6/c1-4-30(38)36(23(2)32(39)34-21-24-11-6-5-7-12-24)31(26-17-19-28(37)20-18-26)33(40)35(3)22-27-15-10-14-25-13-8-9-16-29(25)27;2*1-2/h5-20,23,31,37H,4,21-22H2,1-3H3,(H,34,39);2*1-2H3. The molecule has 0 aromatic heterocycles. The zero-order valence-electron chi connectivity index (χ0n) is 27.1. The van der Waals surface area contributed by atoms with Crippen LogP contribution in [0.2, 0.25) is 0 Å². The number of carbonyl (C=O) groups excluding carboxylic acids is 3. The molecule has 2 N–H and O–H groups in total. The summed E-state index contributed by atoms with van der Waals surface area (Å²) >= 11 is 0. The van der Waals surface area contributed by atoms with Crippen LogP contribution in [0.4, 0.5) is 0 Å². The number of phenols is 1. The first-order valence-electron chi connectivity index (χ1n) is 15.4. The smallest absolute Gasteiger partial charge is 0.250 e. The number of nitrogens with zero attached hydrogens (tertiary/aromatic N) is 2. The molecule has 0 aliphatic rings. The molecule has 0 spiro atoms. The first-order valence-corrected chi connectivity index (χ1v) is 15.4. The maximum Gasteiger partial charge on any atom is 0.250 e. The Bertz CT molecular complexity index is 1470. The molecule has 0 aliphatic heterocycles. The third-order valence-corrected chi connectivity index (χ3v) is 7.08. The number of nitrogens with one attached hydrogen (secondary N) is 1. The average Bonchev–Trinajstić information content (AvgIpc) is 3.08. The van der Waals surface area contributed by atoms with Crippen LogP contribution in [-0.2, 0) is 27.5 Å². The highest BCUT2D eigenvalue weighted by atomic mass is 16.3. The first-order chi connectivity index (χ1) is 21.3. The van der Waals surface area contributed by atoms with E-state index in [0.717, 1.165) is 21.9 Å². The zero-order valence-corrected chi connectivity index (χ0v) is 27.1. The molecule has 44 heavy (non-hydrogen) atoms. The zero-order chi connectivity index (χ0) is 32.6. The predicted octanol–water partition coefficient (Wildman–Crippen LogP) is 7.24. The van der Waals surface area contributed by atoms with Crippen molar-refractivity contribution in [1.29, 1.82) is 0 Å². The van der Waals surface area contributed by atoms with Crippen LogP contribution in [-0.4, -0.2) is 45.7 Å². The monoisotopic (exact) mass is 597 g/mol. The van der Waals surface area contributed by atoms with Crippen molar-refractivity contribution in [2.45, 2.75) is 73.1 Å².